The molecule has 1 amide bonds. The van der Waals surface area contributed by atoms with Crippen LogP contribution >= 0.6 is 11.3 Å². The summed E-state index contributed by atoms with van der Waals surface area (Å²) in [7, 11) is 0. The van der Waals surface area contributed by atoms with Gasteiger partial charge in [0.1, 0.15) is 5.01 Å². The molecule has 6 nitrogen and oxygen atoms in total. The van der Waals surface area contributed by atoms with E-state index in [-0.39, 0.29) is 24.7 Å². The number of nitrogens with zero attached hydrogens (tertiary/aromatic N) is 2. The molecule has 0 radical (unpaired) electrons. The second-order valence-corrected chi connectivity index (χ2v) is 6.33. The van der Waals surface area contributed by atoms with E-state index in [9.17, 15) is 9.59 Å². The molecule has 118 valence electrons. The van der Waals surface area contributed by atoms with Crippen molar-refractivity contribution in [1.82, 2.24) is 15.5 Å². The average Bonchev–Trinajstić information content (AvgIpc) is 3.13. The zero-order valence-corrected chi connectivity index (χ0v) is 13.2. The number of anilines is 1. The summed E-state index contributed by atoms with van der Waals surface area (Å²) in [5, 5.41) is 11.3. The molecule has 23 heavy (non-hydrogen) atoms. The van der Waals surface area contributed by atoms with Gasteiger partial charge in [0.15, 0.2) is 5.78 Å². The van der Waals surface area contributed by atoms with E-state index < -0.39 is 0 Å². The molecule has 0 aliphatic heterocycles. The molecular formula is C16H16N4O2S. The van der Waals surface area contributed by atoms with Crippen LogP contribution in [-0.2, 0) is 16.1 Å². The van der Waals surface area contributed by atoms with E-state index in [0.29, 0.717) is 28.6 Å². The Bertz CT molecular complexity index is 767. The van der Waals surface area contributed by atoms with E-state index >= 15 is 0 Å². The van der Waals surface area contributed by atoms with Gasteiger partial charge >= 0.3 is 0 Å². The first-order valence-corrected chi connectivity index (χ1v) is 8.10. The number of nitrogen functional groups attached to an aromatic ring is 1. The van der Waals surface area contributed by atoms with Crippen molar-refractivity contribution in [2.24, 2.45) is 0 Å². The number of allylic oxidation sites excluding steroid dienone is 1. The predicted octanol–water partition coefficient (Wildman–Crippen LogP) is 1.94. The van der Waals surface area contributed by atoms with Crippen molar-refractivity contribution >= 4 is 33.7 Å². The predicted molar refractivity (Wildman–Crippen MR) is 88.4 cm³/mol. The van der Waals surface area contributed by atoms with Gasteiger partial charge in [0.2, 0.25) is 11.0 Å². The summed E-state index contributed by atoms with van der Waals surface area (Å²) in [6.07, 6.45) is 1.26. The Balaban J connectivity index is 1.69. The highest BCUT2D eigenvalue weighted by Gasteiger charge is 2.25. The summed E-state index contributed by atoms with van der Waals surface area (Å²) in [5.41, 5.74) is 8.10. The number of benzene rings is 1. The largest absolute Gasteiger partial charge is 0.374 e. The van der Waals surface area contributed by atoms with E-state index in [2.05, 4.69) is 15.5 Å². The van der Waals surface area contributed by atoms with Gasteiger partial charge in [-0.3, -0.25) is 9.59 Å². The fourth-order valence-corrected chi connectivity index (χ4v) is 3.16. The standard InChI is InChI=1S/C16H16N4O2S/c17-16-20-19-15(23-16)9-18-14(22)8-12-11(6-7-13(12)21)10-4-2-1-3-5-10/h1-5H,6-9H2,(H2,17,20)(H,18,22). The van der Waals surface area contributed by atoms with Gasteiger partial charge in [-0.1, -0.05) is 41.7 Å². The lowest BCUT2D eigenvalue weighted by Crippen LogP contribution is -2.23. The van der Waals surface area contributed by atoms with Gasteiger partial charge in [0, 0.05) is 12.0 Å². The SMILES string of the molecule is Nc1nnc(CNC(=O)CC2=C(c3ccccc3)CCC2=O)s1. The molecule has 0 atom stereocenters. The molecule has 7 heteroatoms. The molecule has 0 saturated heterocycles. The molecule has 1 aliphatic rings. The van der Waals surface area contributed by atoms with E-state index in [1.807, 2.05) is 30.3 Å². The zero-order chi connectivity index (χ0) is 16.2. The summed E-state index contributed by atoms with van der Waals surface area (Å²) < 4.78 is 0. The number of hydrogen-bond donors (Lipinski definition) is 2. The fourth-order valence-electron chi connectivity index (χ4n) is 2.61. The Morgan fingerprint density at radius 1 is 1.22 bits per heavy atom. The highest BCUT2D eigenvalue weighted by molar-refractivity contribution is 7.15. The van der Waals surface area contributed by atoms with Gasteiger partial charge in [0.25, 0.3) is 0 Å². The molecular weight excluding hydrogens is 312 g/mol. The number of nitrogens with two attached hydrogens (primary N) is 1. The third kappa shape index (κ3) is 3.62. The summed E-state index contributed by atoms with van der Waals surface area (Å²) in [6.45, 7) is 0.274. The fraction of sp³-hybridized carbons (Fsp3) is 0.250. The number of hydrogen-bond acceptors (Lipinski definition) is 6. The monoisotopic (exact) mass is 328 g/mol. The first kappa shape index (κ1) is 15.4. The molecule has 0 unspecified atom stereocenters. The van der Waals surface area contributed by atoms with Crippen molar-refractivity contribution in [2.45, 2.75) is 25.8 Å². The van der Waals surface area contributed by atoms with Gasteiger partial charge in [-0.25, -0.2) is 0 Å². The summed E-state index contributed by atoms with van der Waals surface area (Å²) in [5.74, 6) is -0.142. The number of carbonyl (C=O) groups is 2. The Hall–Kier alpha value is -2.54. The van der Waals surface area contributed by atoms with Crippen LogP contribution in [0.3, 0.4) is 0 Å². The number of carbonyl (C=O) groups excluding carboxylic acids is 2. The third-order valence-electron chi connectivity index (χ3n) is 3.68. The van der Waals surface area contributed by atoms with Crippen molar-refractivity contribution in [2.75, 3.05) is 5.73 Å². The van der Waals surface area contributed by atoms with Crippen LogP contribution < -0.4 is 11.1 Å². The van der Waals surface area contributed by atoms with Crippen LogP contribution in [0.1, 0.15) is 29.8 Å². The molecule has 1 aromatic carbocycles. The average molecular weight is 328 g/mol. The van der Waals surface area contributed by atoms with Gasteiger partial charge in [-0.15, -0.1) is 10.2 Å². The lowest BCUT2D eigenvalue weighted by Gasteiger charge is -2.07. The van der Waals surface area contributed by atoms with Crippen molar-refractivity contribution in [3.8, 4) is 0 Å². The first-order valence-electron chi connectivity index (χ1n) is 7.28. The molecule has 1 heterocycles. The highest BCUT2D eigenvalue weighted by atomic mass is 32.1. The number of ketones is 1. The lowest BCUT2D eigenvalue weighted by molar-refractivity contribution is -0.122. The molecule has 2 aromatic rings. The van der Waals surface area contributed by atoms with Crippen LogP contribution in [0.4, 0.5) is 5.13 Å². The normalized spacial score (nSPS) is 14.3. The second kappa shape index (κ2) is 6.70. The van der Waals surface area contributed by atoms with Crippen molar-refractivity contribution < 1.29 is 9.59 Å². The Morgan fingerprint density at radius 3 is 2.70 bits per heavy atom. The maximum Gasteiger partial charge on any atom is 0.224 e. The minimum atomic E-state index is -0.197. The van der Waals surface area contributed by atoms with E-state index in [0.717, 1.165) is 11.1 Å². The summed E-state index contributed by atoms with van der Waals surface area (Å²) >= 11 is 1.23. The van der Waals surface area contributed by atoms with Crippen molar-refractivity contribution in [1.29, 1.82) is 0 Å². The maximum absolute atomic E-state index is 12.1. The Morgan fingerprint density at radius 2 is 2.00 bits per heavy atom. The van der Waals surface area contributed by atoms with Crippen LogP contribution in [0, 0.1) is 0 Å². The molecule has 3 rings (SSSR count). The molecule has 0 spiro atoms. The molecule has 3 N–H and O–H groups in total. The molecule has 1 aromatic heterocycles. The van der Waals surface area contributed by atoms with Crippen molar-refractivity contribution in [3.63, 3.8) is 0 Å². The van der Waals surface area contributed by atoms with Crippen molar-refractivity contribution in [3.05, 3.63) is 46.5 Å². The minimum absolute atomic E-state index is 0.0548. The number of nitrogens with one attached hydrogen (secondary N) is 1. The van der Waals surface area contributed by atoms with Crippen LogP contribution in [0.25, 0.3) is 5.57 Å². The van der Waals surface area contributed by atoms with Gasteiger partial charge in [-0.2, -0.15) is 0 Å². The first-order chi connectivity index (χ1) is 11.1. The van der Waals surface area contributed by atoms with Crippen LogP contribution in [0.2, 0.25) is 0 Å². The second-order valence-electron chi connectivity index (χ2n) is 5.23. The lowest BCUT2D eigenvalue weighted by atomic mass is 10.00. The topological polar surface area (TPSA) is 98.0 Å². The van der Waals surface area contributed by atoms with E-state index in [1.54, 1.807) is 0 Å². The number of amides is 1. The van der Waals surface area contributed by atoms with Crippen LogP contribution in [-0.4, -0.2) is 21.9 Å². The maximum atomic E-state index is 12.1. The molecule has 1 aliphatic carbocycles. The molecule has 0 saturated carbocycles. The molecule has 0 bridgehead atoms. The third-order valence-corrected chi connectivity index (χ3v) is 4.43. The van der Waals surface area contributed by atoms with E-state index in [4.69, 9.17) is 5.73 Å². The molecule has 0 fully saturated rings. The summed E-state index contributed by atoms with van der Waals surface area (Å²) in [6, 6.07) is 9.73. The minimum Gasteiger partial charge on any atom is -0.374 e. The van der Waals surface area contributed by atoms with Crippen LogP contribution in [0.15, 0.2) is 35.9 Å². The highest BCUT2D eigenvalue weighted by Crippen LogP contribution is 2.33. The van der Waals surface area contributed by atoms with Crippen LogP contribution in [0.5, 0.6) is 0 Å². The van der Waals surface area contributed by atoms with E-state index in [1.165, 1.54) is 11.3 Å². The van der Waals surface area contributed by atoms with Gasteiger partial charge in [-0.05, 0) is 17.6 Å². The smallest absolute Gasteiger partial charge is 0.224 e. The zero-order valence-electron chi connectivity index (χ0n) is 12.4. The Labute approximate surface area is 137 Å². The van der Waals surface area contributed by atoms with Gasteiger partial charge < -0.3 is 11.1 Å². The van der Waals surface area contributed by atoms with Gasteiger partial charge in [0.05, 0.1) is 13.0 Å². The number of rotatable bonds is 5. The Kier molecular flexibility index (Phi) is 4.47. The number of Topliss-reactive ketones (excluding diaryl/α,β-unsaturated/α-hetero) is 1. The quantitative estimate of drug-likeness (QED) is 0.874. The number of aromatic nitrogens is 2. The summed E-state index contributed by atoms with van der Waals surface area (Å²) in [4.78, 5) is 24.2.